The van der Waals surface area contributed by atoms with Crippen LogP contribution >= 0.6 is 0 Å². The molecule has 4 nitrogen and oxygen atoms in total. The first-order valence-electron chi connectivity index (χ1n) is 17.3. The molecule has 4 heteroatoms. The molecule has 0 aliphatic heterocycles. The van der Waals surface area contributed by atoms with Gasteiger partial charge in [-0.2, -0.15) is 5.26 Å². The topological polar surface area (TPSA) is 62.5 Å². The fourth-order valence-electron chi connectivity index (χ4n) is 7.40. The first-order valence-corrected chi connectivity index (χ1v) is 17.3. The van der Waals surface area contributed by atoms with Crippen LogP contribution in [0.2, 0.25) is 0 Å². The zero-order valence-electron chi connectivity index (χ0n) is 28.9. The highest BCUT2D eigenvalue weighted by Gasteiger charge is 2.37. The van der Waals surface area contributed by atoms with Crippen LogP contribution in [0.4, 0.5) is 0 Å². The van der Waals surface area contributed by atoms with E-state index < -0.39 is 0 Å². The van der Waals surface area contributed by atoms with E-state index in [0.29, 0.717) is 23.0 Å². The summed E-state index contributed by atoms with van der Waals surface area (Å²) in [6.07, 6.45) is 2.32. The summed E-state index contributed by atoms with van der Waals surface area (Å²) in [5.41, 5.74) is 11.1. The van der Waals surface area contributed by atoms with Crippen molar-refractivity contribution >= 4 is 10.8 Å². The van der Waals surface area contributed by atoms with Gasteiger partial charge in [0.15, 0.2) is 17.5 Å². The zero-order chi connectivity index (χ0) is 34.5. The van der Waals surface area contributed by atoms with Crippen LogP contribution in [0.3, 0.4) is 0 Å². The summed E-state index contributed by atoms with van der Waals surface area (Å²) in [7, 11) is 0. The molecule has 1 aromatic heterocycles. The van der Waals surface area contributed by atoms with Gasteiger partial charge in [-0.05, 0) is 86.0 Å². The molecule has 0 spiro atoms. The molecule has 0 amide bonds. The molecule has 0 N–H and O–H groups in total. The first kappa shape index (κ1) is 31.4. The van der Waals surface area contributed by atoms with E-state index in [0.717, 1.165) is 45.4 Å². The summed E-state index contributed by atoms with van der Waals surface area (Å²) in [4.78, 5) is 15.1. The maximum Gasteiger partial charge on any atom is 0.164 e. The Morgan fingerprint density at radius 1 is 0.460 bits per heavy atom. The summed E-state index contributed by atoms with van der Waals surface area (Å²) < 4.78 is 0. The van der Waals surface area contributed by atoms with Crippen molar-refractivity contribution in [3.05, 3.63) is 150 Å². The summed E-state index contributed by atoms with van der Waals surface area (Å²) in [5, 5.41) is 11.6. The molecule has 1 heterocycles. The Morgan fingerprint density at radius 2 is 0.900 bits per heavy atom. The Kier molecular flexibility index (Phi) is 7.65. The fraction of sp³-hybridized carbons (Fsp3) is 0.174. The maximum atomic E-state index is 9.27. The molecular weight excluding hydrogens is 609 g/mol. The normalized spacial score (nSPS) is 14.5. The SMILES string of the molecule is CC1(C)CCC(C)(C)c2cc(-c3nc(-c4ccccc4)nc(-c4ccc(-c5ccc(-c6ccc(C#N)cc6)c6ccccc56)cc4)n3)ccc21. The van der Waals surface area contributed by atoms with E-state index in [4.69, 9.17) is 15.0 Å². The largest absolute Gasteiger partial charge is 0.208 e. The van der Waals surface area contributed by atoms with E-state index in [1.54, 1.807) is 0 Å². The maximum absolute atomic E-state index is 9.27. The summed E-state index contributed by atoms with van der Waals surface area (Å²) in [5.74, 6) is 2.00. The van der Waals surface area contributed by atoms with Crippen molar-refractivity contribution < 1.29 is 0 Å². The third-order valence-electron chi connectivity index (χ3n) is 10.5. The van der Waals surface area contributed by atoms with E-state index in [-0.39, 0.29) is 10.8 Å². The molecule has 8 rings (SSSR count). The molecular formula is C46H38N4. The van der Waals surface area contributed by atoms with Gasteiger partial charge in [0.1, 0.15) is 0 Å². The molecule has 50 heavy (non-hydrogen) atoms. The van der Waals surface area contributed by atoms with Crippen molar-refractivity contribution in [2.24, 2.45) is 0 Å². The number of rotatable bonds is 5. The van der Waals surface area contributed by atoms with E-state index >= 15 is 0 Å². The summed E-state index contributed by atoms with van der Waals surface area (Å²) in [6, 6.07) is 48.4. The van der Waals surface area contributed by atoms with Crippen molar-refractivity contribution in [2.45, 2.75) is 51.4 Å². The van der Waals surface area contributed by atoms with Gasteiger partial charge in [0.2, 0.25) is 0 Å². The first-order chi connectivity index (χ1) is 24.2. The fourth-order valence-corrected chi connectivity index (χ4v) is 7.40. The van der Waals surface area contributed by atoms with E-state index in [2.05, 4.69) is 125 Å². The number of nitriles is 1. The Labute approximate surface area is 294 Å². The van der Waals surface area contributed by atoms with Crippen molar-refractivity contribution in [2.75, 3.05) is 0 Å². The lowest BCUT2D eigenvalue weighted by atomic mass is 9.63. The van der Waals surface area contributed by atoms with Gasteiger partial charge in [-0.15, -0.1) is 0 Å². The highest BCUT2D eigenvalue weighted by Crippen LogP contribution is 2.47. The molecule has 0 radical (unpaired) electrons. The predicted molar refractivity (Wildman–Crippen MR) is 205 cm³/mol. The predicted octanol–water partition coefficient (Wildman–Crippen LogP) is 11.6. The number of hydrogen-bond donors (Lipinski definition) is 0. The van der Waals surface area contributed by atoms with Gasteiger partial charge in [0.05, 0.1) is 11.6 Å². The van der Waals surface area contributed by atoms with Crippen molar-refractivity contribution in [1.29, 1.82) is 5.26 Å². The monoisotopic (exact) mass is 646 g/mol. The minimum Gasteiger partial charge on any atom is -0.208 e. The summed E-state index contributed by atoms with van der Waals surface area (Å²) >= 11 is 0. The lowest BCUT2D eigenvalue weighted by Crippen LogP contribution is -2.33. The van der Waals surface area contributed by atoms with Gasteiger partial charge >= 0.3 is 0 Å². The average Bonchev–Trinajstić information content (AvgIpc) is 3.16. The lowest BCUT2D eigenvalue weighted by molar-refractivity contribution is 0.332. The van der Waals surface area contributed by atoms with Gasteiger partial charge in [0.25, 0.3) is 0 Å². The van der Waals surface area contributed by atoms with Gasteiger partial charge < -0.3 is 0 Å². The number of fused-ring (bicyclic) bond motifs is 2. The van der Waals surface area contributed by atoms with E-state index in [1.807, 2.05) is 42.5 Å². The molecule has 0 saturated heterocycles. The van der Waals surface area contributed by atoms with Gasteiger partial charge in [0, 0.05) is 16.7 Å². The molecule has 0 unspecified atom stereocenters. The molecule has 0 atom stereocenters. The minimum atomic E-state index is 0.0825. The van der Waals surface area contributed by atoms with Crippen molar-refractivity contribution in [3.8, 4) is 62.5 Å². The van der Waals surface area contributed by atoms with Gasteiger partial charge in [-0.3, -0.25) is 0 Å². The molecule has 0 fully saturated rings. The van der Waals surface area contributed by atoms with E-state index in [1.165, 1.54) is 28.3 Å². The van der Waals surface area contributed by atoms with Crippen LogP contribution in [0, 0.1) is 11.3 Å². The van der Waals surface area contributed by atoms with Crippen LogP contribution in [0.15, 0.2) is 133 Å². The molecule has 1 aliphatic carbocycles. The Bertz CT molecular complexity index is 2420. The molecule has 7 aromatic rings. The van der Waals surface area contributed by atoms with Crippen molar-refractivity contribution in [3.63, 3.8) is 0 Å². The third kappa shape index (κ3) is 5.65. The average molecular weight is 647 g/mol. The van der Waals surface area contributed by atoms with E-state index in [9.17, 15) is 5.26 Å². The Hall–Kier alpha value is -5.92. The van der Waals surface area contributed by atoms with Gasteiger partial charge in [-0.25, -0.2) is 15.0 Å². The smallest absolute Gasteiger partial charge is 0.164 e. The summed E-state index contributed by atoms with van der Waals surface area (Å²) in [6.45, 7) is 9.41. The highest BCUT2D eigenvalue weighted by atomic mass is 15.0. The number of aromatic nitrogens is 3. The van der Waals surface area contributed by atoms with Crippen LogP contribution in [0.25, 0.3) is 67.2 Å². The number of nitrogens with zero attached hydrogens (tertiary/aromatic N) is 4. The number of hydrogen-bond acceptors (Lipinski definition) is 4. The third-order valence-corrected chi connectivity index (χ3v) is 10.5. The van der Waals surface area contributed by atoms with Gasteiger partial charge in [-0.1, -0.05) is 143 Å². The van der Waals surface area contributed by atoms with Crippen molar-refractivity contribution in [1.82, 2.24) is 15.0 Å². The second-order valence-electron chi connectivity index (χ2n) is 14.7. The molecule has 6 aromatic carbocycles. The quantitative estimate of drug-likeness (QED) is 0.187. The number of benzene rings is 6. The lowest BCUT2D eigenvalue weighted by Gasteiger charge is -2.42. The standard InChI is InChI=1S/C46H38N4/c1-45(2)26-27-46(3,4)41-28-35(22-25-40(41)45)44-49-42(33-10-6-5-7-11-33)48-43(50-44)34-20-18-32(19-21-34)37-24-23-36(38-12-8-9-13-39(37)38)31-16-14-30(29-47)15-17-31/h5-25,28H,26-27H2,1-4H3. The molecule has 242 valence electrons. The van der Waals surface area contributed by atoms with Crippen LogP contribution < -0.4 is 0 Å². The second kappa shape index (κ2) is 12.2. The minimum absolute atomic E-state index is 0.0825. The van der Waals surface area contributed by atoms with Crippen LogP contribution in [-0.2, 0) is 10.8 Å². The van der Waals surface area contributed by atoms with Crippen LogP contribution in [-0.4, -0.2) is 15.0 Å². The Balaban J connectivity index is 1.20. The molecule has 1 aliphatic rings. The molecule has 0 bridgehead atoms. The zero-order valence-corrected chi connectivity index (χ0v) is 28.9. The van der Waals surface area contributed by atoms with Crippen LogP contribution in [0.1, 0.15) is 57.2 Å². The second-order valence-corrected chi connectivity index (χ2v) is 14.7. The Morgan fingerprint density at radius 3 is 1.46 bits per heavy atom. The van der Waals surface area contributed by atoms with Crippen LogP contribution in [0.5, 0.6) is 0 Å². The highest BCUT2D eigenvalue weighted by molar-refractivity contribution is 6.05. The molecule has 0 saturated carbocycles.